The van der Waals surface area contributed by atoms with Crippen molar-refractivity contribution in [3.63, 3.8) is 0 Å². The van der Waals surface area contributed by atoms with E-state index in [1.807, 2.05) is 0 Å². The molecule has 2 unspecified atom stereocenters. The number of anilines is 1. The summed E-state index contributed by atoms with van der Waals surface area (Å²) in [5.41, 5.74) is -0.777. The number of alkyl carbamates (subject to hydrolysis) is 2. The zero-order valence-electron chi connectivity index (χ0n) is 49.0. The molecule has 0 aliphatic heterocycles. The Morgan fingerprint density at radius 2 is 1.04 bits per heavy atom. The summed E-state index contributed by atoms with van der Waals surface area (Å²) in [5.74, 6) is 0.750. The third-order valence-electron chi connectivity index (χ3n) is 14.5. The lowest BCUT2D eigenvalue weighted by molar-refractivity contribution is -0.158. The lowest BCUT2D eigenvalue weighted by atomic mass is 9.85. The Kier molecular flexibility index (Phi) is 35.1. The van der Waals surface area contributed by atoms with Gasteiger partial charge < -0.3 is 40.2 Å². The van der Waals surface area contributed by atoms with Gasteiger partial charge in [0, 0.05) is 48.7 Å². The fraction of sp³-hybridized carbons (Fsp3) is 0.806. The van der Waals surface area contributed by atoms with Crippen LogP contribution < -0.4 is 21.3 Å². The fourth-order valence-corrected chi connectivity index (χ4v) is 11.2. The number of rotatable bonds is 39. The van der Waals surface area contributed by atoms with Crippen LogP contribution in [0.4, 0.5) is 15.3 Å². The second-order valence-corrected chi connectivity index (χ2v) is 25.2. The Hall–Kier alpha value is -4.01. The van der Waals surface area contributed by atoms with Crippen molar-refractivity contribution in [3.8, 4) is 0 Å². The van der Waals surface area contributed by atoms with Crippen LogP contribution >= 0.6 is 11.8 Å². The molecule has 1 aromatic rings. The Morgan fingerprint density at radius 1 is 0.571 bits per heavy atom. The number of carbonyl (C=O) groups is 6. The number of esters is 2. The van der Waals surface area contributed by atoms with Crippen LogP contribution in [-0.2, 0) is 33.3 Å². The third-order valence-corrected chi connectivity index (χ3v) is 15.6. The van der Waals surface area contributed by atoms with Gasteiger partial charge in [0.05, 0.1) is 0 Å². The summed E-state index contributed by atoms with van der Waals surface area (Å²) >= 11 is 1.42. The zero-order valence-corrected chi connectivity index (χ0v) is 49.8. The summed E-state index contributed by atoms with van der Waals surface area (Å²) in [6.07, 6.45) is 37.4. The predicted octanol–water partition coefficient (Wildman–Crippen LogP) is 15.1. The molecule has 0 saturated heterocycles. The quantitative estimate of drug-likeness (QED) is 0.0279. The number of amides is 4. The molecule has 0 bridgehead atoms. The normalized spacial score (nSPS) is 15.2. The van der Waals surface area contributed by atoms with Gasteiger partial charge in [-0.25, -0.2) is 14.4 Å². The highest BCUT2D eigenvalue weighted by molar-refractivity contribution is 7.99. The molecular weight excluding hydrogens is 993 g/mol. The first-order chi connectivity index (χ1) is 37.0. The number of nitrogens with one attached hydrogen (secondary N) is 4. The highest BCUT2D eigenvalue weighted by Crippen LogP contribution is 2.29. The van der Waals surface area contributed by atoms with Crippen LogP contribution in [-0.4, -0.2) is 90.5 Å². The zero-order chi connectivity index (χ0) is 56.0. The van der Waals surface area contributed by atoms with E-state index in [0.29, 0.717) is 30.3 Å². The molecule has 14 nitrogen and oxygen atoms in total. The summed E-state index contributed by atoms with van der Waals surface area (Å²) in [6, 6.07) is 5.16. The van der Waals surface area contributed by atoms with Crippen molar-refractivity contribution in [2.24, 2.45) is 11.8 Å². The summed E-state index contributed by atoms with van der Waals surface area (Å²) < 4.78 is 22.2. The molecule has 0 aromatic heterocycles. The second kappa shape index (κ2) is 40.2. The SMILES string of the molecule is CC(C)(C)OC(=O)CCC(NC(=O)c1ccc(NC(=O)CCSCC(COC(=O)NCCCCCCCCCCCC2CCCCC2)OC(=O)NCCCCCCCCCCCC2CCCCC2)cc1)C(=O)OC(C)(C)C. The van der Waals surface area contributed by atoms with Crippen LogP contribution in [0, 0.1) is 11.8 Å². The maximum Gasteiger partial charge on any atom is 0.407 e. The Labute approximate surface area is 470 Å². The van der Waals surface area contributed by atoms with Crippen LogP contribution in [0.3, 0.4) is 0 Å². The molecule has 2 saturated carbocycles. The van der Waals surface area contributed by atoms with Crippen LogP contribution in [0.1, 0.15) is 264 Å². The van der Waals surface area contributed by atoms with Gasteiger partial charge in [-0.1, -0.05) is 180 Å². The number of thioether (sulfide) groups is 1. The van der Waals surface area contributed by atoms with Gasteiger partial charge in [-0.05, 0) is 96.9 Å². The summed E-state index contributed by atoms with van der Waals surface area (Å²) in [6.45, 7) is 11.4. The van der Waals surface area contributed by atoms with E-state index in [2.05, 4.69) is 21.3 Å². The fourth-order valence-electron chi connectivity index (χ4n) is 10.3. The van der Waals surface area contributed by atoms with E-state index in [0.717, 1.165) is 50.4 Å². The first kappa shape index (κ1) is 67.3. The predicted molar refractivity (Wildman–Crippen MR) is 312 cm³/mol. The van der Waals surface area contributed by atoms with Crippen molar-refractivity contribution in [3.05, 3.63) is 29.8 Å². The molecule has 2 aliphatic rings. The average Bonchev–Trinajstić information content (AvgIpc) is 3.38. The van der Waals surface area contributed by atoms with E-state index in [1.54, 1.807) is 53.7 Å². The highest BCUT2D eigenvalue weighted by Gasteiger charge is 2.29. The molecular formula is C62H106N4O10S. The summed E-state index contributed by atoms with van der Waals surface area (Å²) in [4.78, 5) is 77.3. The molecule has 0 radical (unpaired) electrons. The number of ether oxygens (including phenoxy) is 4. The largest absolute Gasteiger partial charge is 0.460 e. The molecule has 2 fully saturated rings. The van der Waals surface area contributed by atoms with Crippen LogP contribution in [0.2, 0.25) is 0 Å². The van der Waals surface area contributed by atoms with Gasteiger partial charge in [-0.2, -0.15) is 11.8 Å². The topological polar surface area (TPSA) is 187 Å². The Balaban J connectivity index is 1.37. The molecule has 77 heavy (non-hydrogen) atoms. The van der Waals surface area contributed by atoms with E-state index in [1.165, 1.54) is 178 Å². The van der Waals surface area contributed by atoms with Crippen LogP contribution in [0.25, 0.3) is 0 Å². The van der Waals surface area contributed by atoms with E-state index in [9.17, 15) is 28.8 Å². The van der Waals surface area contributed by atoms with Crippen molar-refractivity contribution in [1.82, 2.24) is 16.0 Å². The lowest BCUT2D eigenvalue weighted by Crippen LogP contribution is -2.44. The number of benzene rings is 1. The van der Waals surface area contributed by atoms with E-state index in [-0.39, 0.29) is 37.3 Å². The molecule has 15 heteroatoms. The number of carbonyl (C=O) groups excluding carboxylic acids is 6. The number of hydrogen-bond donors (Lipinski definition) is 4. The minimum Gasteiger partial charge on any atom is -0.460 e. The van der Waals surface area contributed by atoms with Gasteiger partial charge in [0.1, 0.15) is 30.0 Å². The van der Waals surface area contributed by atoms with Crippen molar-refractivity contribution >= 4 is 53.4 Å². The van der Waals surface area contributed by atoms with Gasteiger partial charge in [-0.3, -0.25) is 14.4 Å². The second-order valence-electron chi connectivity index (χ2n) is 24.1. The maximum absolute atomic E-state index is 13.3. The highest BCUT2D eigenvalue weighted by atomic mass is 32.2. The van der Waals surface area contributed by atoms with Gasteiger partial charge in [0.2, 0.25) is 5.91 Å². The van der Waals surface area contributed by atoms with Crippen molar-refractivity contribution in [1.29, 1.82) is 0 Å². The molecule has 440 valence electrons. The standard InChI is InChI=1S/C62H106N4O10S/c1-61(2,3)75-56(68)42-41-54(58(70)76-62(4,5)6)66-57(69)51-37-39-52(40-38-51)65-55(67)43-46-77-48-53(74-60(72)64-45-30-20-16-12-8-10-14-18-24-32-50-35-27-22-28-36-50)47-73-59(71)63-44-29-19-15-11-7-9-13-17-23-31-49-33-25-21-26-34-49/h37-40,49-50,53-54H,7-36,41-48H2,1-6H3,(H,63,71)(H,64,72)(H,65,67)(H,66,69). The van der Waals surface area contributed by atoms with E-state index >= 15 is 0 Å². The number of hydrogen-bond acceptors (Lipinski definition) is 11. The third kappa shape index (κ3) is 36.0. The smallest absolute Gasteiger partial charge is 0.407 e. The molecule has 2 aliphatic carbocycles. The molecule has 3 rings (SSSR count). The van der Waals surface area contributed by atoms with E-state index in [4.69, 9.17) is 18.9 Å². The molecule has 1 aromatic carbocycles. The summed E-state index contributed by atoms with van der Waals surface area (Å²) in [5, 5.41) is 11.3. The molecule has 4 amide bonds. The van der Waals surface area contributed by atoms with Gasteiger partial charge in [0.25, 0.3) is 5.91 Å². The number of unbranched alkanes of at least 4 members (excludes halogenated alkanes) is 16. The van der Waals surface area contributed by atoms with Gasteiger partial charge in [-0.15, -0.1) is 0 Å². The van der Waals surface area contributed by atoms with Crippen LogP contribution in [0.5, 0.6) is 0 Å². The van der Waals surface area contributed by atoms with E-state index < -0.39 is 53.4 Å². The minimum absolute atomic E-state index is 0.00942. The van der Waals surface area contributed by atoms with Gasteiger partial charge >= 0.3 is 24.1 Å². The maximum atomic E-state index is 13.3. The average molecular weight is 1100 g/mol. The molecule has 4 N–H and O–H groups in total. The Bertz CT molecular complexity index is 1790. The lowest BCUT2D eigenvalue weighted by Gasteiger charge is -2.25. The van der Waals surface area contributed by atoms with Crippen molar-refractivity contribution < 1.29 is 47.7 Å². The van der Waals surface area contributed by atoms with Crippen molar-refractivity contribution in [2.75, 3.05) is 36.5 Å². The first-order valence-corrected chi connectivity index (χ1v) is 31.7. The first-order valence-electron chi connectivity index (χ1n) is 30.5. The minimum atomic E-state index is -1.09. The molecule has 0 spiro atoms. The van der Waals surface area contributed by atoms with Crippen LogP contribution in [0.15, 0.2) is 24.3 Å². The Morgan fingerprint density at radius 3 is 1.53 bits per heavy atom. The summed E-state index contributed by atoms with van der Waals surface area (Å²) in [7, 11) is 0. The van der Waals surface area contributed by atoms with Gasteiger partial charge in [0.15, 0.2) is 0 Å². The van der Waals surface area contributed by atoms with Crippen molar-refractivity contribution in [2.45, 2.75) is 277 Å². The monoisotopic (exact) mass is 1100 g/mol. The molecule has 2 atom stereocenters. The molecule has 0 heterocycles.